The van der Waals surface area contributed by atoms with Gasteiger partial charge in [0.25, 0.3) is 0 Å². The first-order valence-electron chi connectivity index (χ1n) is 11.5. The van der Waals surface area contributed by atoms with Crippen LogP contribution in [0.25, 0.3) is 10.9 Å². The number of aliphatic hydroxyl groups excluding tert-OH is 1. The third kappa shape index (κ3) is 4.88. The van der Waals surface area contributed by atoms with Crippen LogP contribution in [0.5, 0.6) is 0 Å². The summed E-state index contributed by atoms with van der Waals surface area (Å²) in [6.45, 7) is 2.10. The number of amides is 1. The van der Waals surface area contributed by atoms with Crippen LogP contribution in [0.15, 0.2) is 48.5 Å². The molecule has 2 aromatic carbocycles. The van der Waals surface area contributed by atoms with Gasteiger partial charge in [0, 0.05) is 31.0 Å². The lowest BCUT2D eigenvalue weighted by molar-refractivity contribution is -0.0368. The Balaban J connectivity index is 1.24. The van der Waals surface area contributed by atoms with Crippen molar-refractivity contribution in [2.75, 3.05) is 19.7 Å². The molecule has 5 rings (SSSR count). The first-order valence-corrected chi connectivity index (χ1v) is 12.6. The van der Waals surface area contributed by atoms with Gasteiger partial charge in [-0.15, -0.1) is 0 Å². The number of fused-ring (bicyclic) bond motifs is 1. The quantitative estimate of drug-likeness (QED) is 0.443. The van der Waals surface area contributed by atoms with E-state index in [1.807, 2.05) is 53.2 Å². The van der Waals surface area contributed by atoms with Crippen LogP contribution in [0.1, 0.15) is 49.1 Å². The molecule has 174 valence electrons. The van der Waals surface area contributed by atoms with Gasteiger partial charge >= 0.3 is 6.09 Å². The van der Waals surface area contributed by atoms with E-state index in [1.54, 1.807) is 4.90 Å². The SMILES string of the molecule is O=C(OCc1ccccc1)N1CCC(C(O)c2ccc3c(c2)c(I)nn3C2CCCCO2)C1. The highest BCUT2D eigenvalue weighted by molar-refractivity contribution is 14.1. The minimum absolute atomic E-state index is 0.0224. The summed E-state index contributed by atoms with van der Waals surface area (Å²) in [5, 5.41) is 16.8. The third-order valence-electron chi connectivity index (χ3n) is 6.59. The van der Waals surface area contributed by atoms with E-state index in [0.29, 0.717) is 13.1 Å². The van der Waals surface area contributed by atoms with E-state index in [9.17, 15) is 9.90 Å². The Kier molecular flexibility index (Phi) is 6.84. The maximum Gasteiger partial charge on any atom is 0.410 e. The van der Waals surface area contributed by atoms with Gasteiger partial charge in [-0.05, 0) is 71.5 Å². The first kappa shape index (κ1) is 22.6. The predicted octanol–water partition coefficient (Wildman–Crippen LogP) is 5.03. The van der Waals surface area contributed by atoms with E-state index in [-0.39, 0.29) is 24.8 Å². The summed E-state index contributed by atoms with van der Waals surface area (Å²) < 4.78 is 14.3. The van der Waals surface area contributed by atoms with E-state index < -0.39 is 6.10 Å². The summed E-state index contributed by atoms with van der Waals surface area (Å²) in [4.78, 5) is 14.2. The normalized spacial score (nSPS) is 21.9. The van der Waals surface area contributed by atoms with E-state index in [2.05, 4.69) is 22.6 Å². The molecule has 3 atom stereocenters. The second-order valence-corrected chi connectivity index (χ2v) is 9.83. The second-order valence-electron chi connectivity index (χ2n) is 8.81. The number of aromatic nitrogens is 2. The molecule has 0 radical (unpaired) electrons. The van der Waals surface area contributed by atoms with Crippen molar-refractivity contribution < 1.29 is 19.4 Å². The average molecular weight is 561 g/mol. The fraction of sp³-hybridized carbons (Fsp3) is 0.440. The van der Waals surface area contributed by atoms with Gasteiger partial charge in [-0.3, -0.25) is 0 Å². The molecular weight excluding hydrogens is 533 g/mol. The zero-order chi connectivity index (χ0) is 22.8. The van der Waals surface area contributed by atoms with Crippen LogP contribution >= 0.6 is 22.6 Å². The summed E-state index contributed by atoms with van der Waals surface area (Å²) >= 11 is 2.25. The van der Waals surface area contributed by atoms with Gasteiger partial charge in [0.05, 0.1) is 11.6 Å². The van der Waals surface area contributed by atoms with E-state index in [0.717, 1.165) is 58.0 Å². The number of ether oxygens (including phenoxy) is 2. The number of nitrogens with zero attached hydrogens (tertiary/aromatic N) is 3. The number of carbonyl (C=O) groups is 1. The first-order chi connectivity index (χ1) is 16.1. The molecule has 3 unspecified atom stereocenters. The van der Waals surface area contributed by atoms with Gasteiger partial charge in [0.1, 0.15) is 10.3 Å². The maximum absolute atomic E-state index is 12.5. The smallest absolute Gasteiger partial charge is 0.410 e. The Morgan fingerprint density at radius 2 is 2.06 bits per heavy atom. The van der Waals surface area contributed by atoms with Crippen LogP contribution in [0.4, 0.5) is 4.79 Å². The molecule has 0 aliphatic carbocycles. The fourth-order valence-electron chi connectivity index (χ4n) is 4.73. The van der Waals surface area contributed by atoms with Crippen LogP contribution in [0.3, 0.4) is 0 Å². The molecule has 0 spiro atoms. The molecule has 2 fully saturated rings. The standard InChI is InChI=1S/C25H28IN3O4/c26-24-20-14-18(9-10-21(20)29(27-24)22-8-4-5-13-32-22)23(30)19-11-12-28(15-19)25(31)33-16-17-6-2-1-3-7-17/h1-3,6-7,9-10,14,19,22-23,30H,4-5,8,11-13,15-16H2. The lowest BCUT2D eigenvalue weighted by atomic mass is 9.94. The lowest BCUT2D eigenvalue weighted by Crippen LogP contribution is -2.30. The van der Waals surface area contributed by atoms with Crippen molar-refractivity contribution in [1.29, 1.82) is 0 Å². The van der Waals surface area contributed by atoms with Crippen molar-refractivity contribution >= 4 is 39.6 Å². The number of hydrogen-bond acceptors (Lipinski definition) is 5. The molecule has 2 aliphatic heterocycles. The molecule has 2 saturated heterocycles. The van der Waals surface area contributed by atoms with Gasteiger partial charge in [-0.1, -0.05) is 36.4 Å². The van der Waals surface area contributed by atoms with Crippen molar-refractivity contribution in [1.82, 2.24) is 14.7 Å². The van der Waals surface area contributed by atoms with E-state index in [1.165, 1.54) is 0 Å². The highest BCUT2D eigenvalue weighted by Crippen LogP contribution is 2.34. The molecule has 3 aromatic rings. The molecule has 7 nitrogen and oxygen atoms in total. The van der Waals surface area contributed by atoms with Crippen LogP contribution in [-0.2, 0) is 16.1 Å². The Labute approximate surface area is 206 Å². The van der Waals surface area contributed by atoms with Gasteiger partial charge in [-0.25, -0.2) is 9.48 Å². The Morgan fingerprint density at radius 3 is 2.85 bits per heavy atom. The second kappa shape index (κ2) is 9.99. The predicted molar refractivity (Wildman–Crippen MR) is 133 cm³/mol. The molecule has 3 heterocycles. The summed E-state index contributed by atoms with van der Waals surface area (Å²) in [5.74, 6) is -0.0268. The molecule has 2 aliphatic rings. The van der Waals surface area contributed by atoms with Gasteiger partial charge < -0.3 is 19.5 Å². The van der Waals surface area contributed by atoms with Gasteiger partial charge in [-0.2, -0.15) is 5.10 Å². The van der Waals surface area contributed by atoms with Gasteiger partial charge in [0.15, 0.2) is 6.23 Å². The van der Waals surface area contributed by atoms with Crippen LogP contribution < -0.4 is 0 Å². The summed E-state index contributed by atoms with van der Waals surface area (Å²) in [5.41, 5.74) is 2.84. The van der Waals surface area contributed by atoms with Crippen molar-refractivity contribution in [3.05, 3.63) is 63.4 Å². The molecule has 1 N–H and O–H groups in total. The van der Waals surface area contributed by atoms with Crippen LogP contribution in [-0.4, -0.2) is 45.6 Å². The van der Waals surface area contributed by atoms with Crippen molar-refractivity contribution in [2.45, 2.75) is 44.6 Å². The Morgan fingerprint density at radius 1 is 1.21 bits per heavy atom. The van der Waals surface area contributed by atoms with Gasteiger partial charge in [0.2, 0.25) is 0 Å². The highest BCUT2D eigenvalue weighted by atomic mass is 127. The number of carbonyl (C=O) groups excluding carboxylic acids is 1. The van der Waals surface area contributed by atoms with Crippen LogP contribution in [0.2, 0.25) is 0 Å². The molecule has 1 aromatic heterocycles. The van der Waals surface area contributed by atoms with Crippen LogP contribution in [0, 0.1) is 9.62 Å². The molecule has 33 heavy (non-hydrogen) atoms. The maximum atomic E-state index is 12.5. The molecular formula is C25H28IN3O4. The van der Waals surface area contributed by atoms with E-state index in [4.69, 9.17) is 14.6 Å². The largest absolute Gasteiger partial charge is 0.445 e. The number of likely N-dealkylation sites (tertiary alicyclic amines) is 1. The number of rotatable bonds is 5. The number of aliphatic hydroxyl groups is 1. The number of halogens is 1. The van der Waals surface area contributed by atoms with E-state index >= 15 is 0 Å². The average Bonchev–Trinajstić information content (AvgIpc) is 3.48. The molecule has 1 amide bonds. The molecule has 0 saturated carbocycles. The Hall–Kier alpha value is -2.17. The lowest BCUT2D eigenvalue weighted by Gasteiger charge is -2.23. The summed E-state index contributed by atoms with van der Waals surface area (Å²) in [6, 6.07) is 15.7. The zero-order valence-corrected chi connectivity index (χ0v) is 20.6. The molecule has 8 heteroatoms. The topological polar surface area (TPSA) is 76.8 Å². The van der Waals surface area contributed by atoms with Crippen molar-refractivity contribution in [3.8, 4) is 0 Å². The highest BCUT2D eigenvalue weighted by Gasteiger charge is 2.33. The fourth-order valence-corrected chi connectivity index (χ4v) is 5.40. The third-order valence-corrected chi connectivity index (χ3v) is 7.39. The minimum Gasteiger partial charge on any atom is -0.445 e. The van der Waals surface area contributed by atoms with Crippen molar-refractivity contribution in [2.24, 2.45) is 5.92 Å². The Bertz CT molecular complexity index is 1110. The summed E-state index contributed by atoms with van der Waals surface area (Å²) in [7, 11) is 0. The van der Waals surface area contributed by atoms with Crippen molar-refractivity contribution in [3.63, 3.8) is 0 Å². The molecule has 0 bridgehead atoms. The monoisotopic (exact) mass is 561 g/mol. The number of hydrogen-bond donors (Lipinski definition) is 1. The zero-order valence-electron chi connectivity index (χ0n) is 18.4. The number of benzene rings is 2. The minimum atomic E-state index is -0.647. The summed E-state index contributed by atoms with van der Waals surface area (Å²) in [6.07, 6.45) is 2.96.